The number of likely N-dealkylation sites (N-methyl/N-ethyl adjacent to an activating group) is 1. The van der Waals surface area contributed by atoms with Crippen molar-refractivity contribution < 1.29 is 4.39 Å². The molecular formula is C14H19BrFNS2. The highest BCUT2D eigenvalue weighted by molar-refractivity contribution is 9.10. The summed E-state index contributed by atoms with van der Waals surface area (Å²) in [5, 5.41) is 4.54. The minimum atomic E-state index is -0.107. The van der Waals surface area contributed by atoms with Gasteiger partial charge in [0.05, 0.1) is 0 Å². The maximum Gasteiger partial charge on any atom is 0.126 e. The van der Waals surface area contributed by atoms with Crippen molar-refractivity contribution >= 4 is 39.5 Å². The first-order chi connectivity index (χ1) is 9.11. The van der Waals surface area contributed by atoms with Crippen LogP contribution >= 0.6 is 39.5 Å². The van der Waals surface area contributed by atoms with Crippen LogP contribution < -0.4 is 5.32 Å². The molecule has 1 heterocycles. The molecular weight excluding hydrogens is 345 g/mol. The van der Waals surface area contributed by atoms with Crippen molar-refractivity contribution in [2.75, 3.05) is 18.6 Å². The number of halogens is 2. The molecule has 19 heavy (non-hydrogen) atoms. The highest BCUT2D eigenvalue weighted by Crippen LogP contribution is 2.34. The summed E-state index contributed by atoms with van der Waals surface area (Å²) in [7, 11) is 1.98. The lowest BCUT2D eigenvalue weighted by molar-refractivity contribution is 0.513. The van der Waals surface area contributed by atoms with Crippen LogP contribution in [0.3, 0.4) is 0 Å². The summed E-state index contributed by atoms with van der Waals surface area (Å²) in [5.41, 5.74) is 0.789. The van der Waals surface area contributed by atoms with Crippen LogP contribution in [0.25, 0.3) is 0 Å². The largest absolute Gasteiger partial charge is 0.316 e. The fraction of sp³-hybridized carbons (Fsp3) is 0.571. The molecule has 106 valence electrons. The third-order valence-corrected chi connectivity index (χ3v) is 7.20. The zero-order chi connectivity index (χ0) is 13.8. The van der Waals surface area contributed by atoms with Crippen LogP contribution in [0.2, 0.25) is 0 Å². The molecule has 1 N–H and O–H groups in total. The topological polar surface area (TPSA) is 12.0 Å². The Balaban J connectivity index is 2.11. The van der Waals surface area contributed by atoms with Crippen molar-refractivity contribution in [2.24, 2.45) is 0 Å². The maximum absolute atomic E-state index is 13.9. The van der Waals surface area contributed by atoms with Gasteiger partial charge in [-0.1, -0.05) is 22.9 Å². The normalized spacial score (nSPS) is 25.3. The van der Waals surface area contributed by atoms with E-state index in [2.05, 4.69) is 28.2 Å². The first-order valence-corrected chi connectivity index (χ1v) is 9.35. The van der Waals surface area contributed by atoms with Crippen molar-refractivity contribution in [3.8, 4) is 0 Å². The predicted octanol–water partition coefficient (Wildman–Crippen LogP) is 3.96. The standard InChI is InChI=1S/C14H19BrFNS2/c1-9-14(19-6-5-18-9)13(17-2)8-10-7-11(15)3-4-12(10)16/h3-4,7,9,13-14,17H,5-6,8H2,1-2H3. The summed E-state index contributed by atoms with van der Waals surface area (Å²) < 4.78 is 14.8. The van der Waals surface area contributed by atoms with Gasteiger partial charge in [0.1, 0.15) is 5.82 Å². The molecule has 3 unspecified atom stereocenters. The predicted molar refractivity (Wildman–Crippen MR) is 88.8 cm³/mol. The van der Waals surface area contributed by atoms with Gasteiger partial charge in [0.25, 0.3) is 0 Å². The van der Waals surface area contributed by atoms with Crippen LogP contribution in [0.1, 0.15) is 12.5 Å². The lowest BCUT2D eigenvalue weighted by Gasteiger charge is -2.34. The summed E-state index contributed by atoms with van der Waals surface area (Å²) in [5.74, 6) is 2.31. The third kappa shape index (κ3) is 4.13. The number of hydrogen-bond acceptors (Lipinski definition) is 3. The van der Waals surface area contributed by atoms with Gasteiger partial charge in [0.15, 0.2) is 0 Å². The van der Waals surface area contributed by atoms with Gasteiger partial charge in [-0.3, -0.25) is 0 Å². The molecule has 1 nitrogen and oxygen atoms in total. The first kappa shape index (κ1) is 15.7. The fourth-order valence-corrected chi connectivity index (χ4v) is 5.82. The highest BCUT2D eigenvalue weighted by Gasteiger charge is 2.30. The van der Waals surface area contributed by atoms with E-state index in [0.29, 0.717) is 16.5 Å². The van der Waals surface area contributed by atoms with Crippen LogP contribution in [0, 0.1) is 5.82 Å². The molecule has 1 aliphatic heterocycles. The molecule has 3 atom stereocenters. The van der Waals surface area contributed by atoms with Crippen LogP contribution in [-0.2, 0) is 6.42 Å². The smallest absolute Gasteiger partial charge is 0.126 e. The van der Waals surface area contributed by atoms with E-state index in [1.54, 1.807) is 12.1 Å². The van der Waals surface area contributed by atoms with Gasteiger partial charge in [-0.15, -0.1) is 0 Å². The average Bonchev–Trinajstić information content (AvgIpc) is 2.41. The van der Waals surface area contributed by atoms with E-state index in [1.165, 1.54) is 11.5 Å². The van der Waals surface area contributed by atoms with Gasteiger partial charge in [0, 0.05) is 32.5 Å². The third-order valence-electron chi connectivity index (χ3n) is 3.45. The minimum absolute atomic E-state index is 0.107. The molecule has 0 bridgehead atoms. The van der Waals surface area contributed by atoms with E-state index in [4.69, 9.17) is 0 Å². The fourth-order valence-electron chi connectivity index (χ4n) is 2.41. The van der Waals surface area contributed by atoms with E-state index in [1.807, 2.05) is 36.6 Å². The van der Waals surface area contributed by atoms with Gasteiger partial charge in [-0.25, -0.2) is 4.39 Å². The van der Waals surface area contributed by atoms with E-state index < -0.39 is 0 Å². The molecule has 1 aromatic rings. The Morgan fingerprint density at radius 2 is 2.16 bits per heavy atom. The number of thioether (sulfide) groups is 2. The second kappa shape index (κ2) is 7.34. The molecule has 0 aromatic heterocycles. The monoisotopic (exact) mass is 363 g/mol. The molecule has 2 rings (SSSR count). The van der Waals surface area contributed by atoms with Gasteiger partial charge in [-0.2, -0.15) is 23.5 Å². The molecule has 1 aliphatic rings. The SMILES string of the molecule is CNC(Cc1cc(Br)ccc1F)C1SCCSC1C. The summed E-state index contributed by atoms with van der Waals surface area (Å²) in [6, 6.07) is 5.50. The van der Waals surface area contributed by atoms with E-state index >= 15 is 0 Å². The van der Waals surface area contributed by atoms with Crippen LogP contribution in [-0.4, -0.2) is 35.1 Å². The molecule has 0 saturated carbocycles. The van der Waals surface area contributed by atoms with Crippen molar-refractivity contribution in [2.45, 2.75) is 29.9 Å². The lowest BCUT2D eigenvalue weighted by Crippen LogP contribution is -2.44. The summed E-state index contributed by atoms with van der Waals surface area (Å²) in [6.07, 6.45) is 0.740. The van der Waals surface area contributed by atoms with Crippen molar-refractivity contribution in [1.82, 2.24) is 5.32 Å². The number of hydrogen-bond donors (Lipinski definition) is 1. The van der Waals surface area contributed by atoms with Crippen molar-refractivity contribution in [3.05, 3.63) is 34.1 Å². The summed E-state index contributed by atoms with van der Waals surface area (Å²) in [4.78, 5) is 0. The minimum Gasteiger partial charge on any atom is -0.316 e. The van der Waals surface area contributed by atoms with Crippen LogP contribution in [0.4, 0.5) is 4.39 Å². The van der Waals surface area contributed by atoms with Crippen molar-refractivity contribution in [1.29, 1.82) is 0 Å². The summed E-state index contributed by atoms with van der Waals surface area (Å²) >= 11 is 7.46. The molecule has 0 radical (unpaired) electrons. The Labute approximate surface area is 131 Å². The molecule has 1 saturated heterocycles. The van der Waals surface area contributed by atoms with Crippen LogP contribution in [0.15, 0.2) is 22.7 Å². The second-order valence-corrected chi connectivity index (χ2v) is 8.43. The quantitative estimate of drug-likeness (QED) is 0.869. The number of benzene rings is 1. The maximum atomic E-state index is 13.9. The van der Waals surface area contributed by atoms with E-state index in [9.17, 15) is 4.39 Å². The molecule has 0 aliphatic carbocycles. The Kier molecular flexibility index (Phi) is 6.06. The Morgan fingerprint density at radius 1 is 1.42 bits per heavy atom. The average molecular weight is 364 g/mol. The Bertz CT molecular complexity index is 430. The van der Waals surface area contributed by atoms with Gasteiger partial charge in [0.2, 0.25) is 0 Å². The zero-order valence-corrected chi connectivity index (χ0v) is 14.4. The molecule has 0 amide bonds. The highest BCUT2D eigenvalue weighted by atomic mass is 79.9. The van der Waals surface area contributed by atoms with Gasteiger partial charge in [-0.05, 0) is 37.2 Å². The summed E-state index contributed by atoms with van der Waals surface area (Å²) in [6.45, 7) is 2.28. The Hall–Kier alpha value is 0.290. The zero-order valence-electron chi connectivity index (χ0n) is 11.2. The van der Waals surface area contributed by atoms with Gasteiger partial charge >= 0.3 is 0 Å². The van der Waals surface area contributed by atoms with E-state index in [-0.39, 0.29) is 5.82 Å². The van der Waals surface area contributed by atoms with E-state index in [0.717, 1.165) is 16.5 Å². The molecule has 1 aromatic carbocycles. The molecule has 0 spiro atoms. The lowest BCUT2D eigenvalue weighted by atomic mass is 10.0. The number of nitrogens with one attached hydrogen (secondary N) is 1. The molecule has 1 fully saturated rings. The Morgan fingerprint density at radius 3 is 2.84 bits per heavy atom. The molecule has 5 heteroatoms. The second-order valence-electron chi connectivity index (χ2n) is 4.75. The van der Waals surface area contributed by atoms with Crippen LogP contribution in [0.5, 0.6) is 0 Å². The number of rotatable bonds is 4. The van der Waals surface area contributed by atoms with Crippen molar-refractivity contribution in [3.63, 3.8) is 0 Å². The van der Waals surface area contributed by atoms with Gasteiger partial charge < -0.3 is 5.32 Å². The first-order valence-electron chi connectivity index (χ1n) is 6.46.